The van der Waals surface area contributed by atoms with Crippen molar-refractivity contribution >= 4 is 22.8 Å². The average Bonchev–Trinajstić information content (AvgIpc) is 2.67. The summed E-state index contributed by atoms with van der Waals surface area (Å²) in [5.41, 5.74) is -0.206. The van der Waals surface area contributed by atoms with E-state index in [1.165, 1.54) is 11.8 Å². The Labute approximate surface area is 107 Å². The molecule has 0 spiro atoms. The summed E-state index contributed by atoms with van der Waals surface area (Å²) in [6, 6.07) is -0.0122. The van der Waals surface area contributed by atoms with E-state index in [9.17, 15) is 9.59 Å². The third kappa shape index (κ3) is 1.99. The molecule has 0 aliphatic carbocycles. The SMILES string of the molecule is CCN1C(=O)[C@@H]2C[C@@H](SC(C)=O)CN2C1(C)C. The molecule has 0 aromatic carbocycles. The van der Waals surface area contributed by atoms with Crippen LogP contribution in [-0.4, -0.2) is 50.9 Å². The molecule has 2 rings (SSSR count). The first-order valence-electron chi connectivity index (χ1n) is 6.13. The highest BCUT2D eigenvalue weighted by atomic mass is 32.2. The van der Waals surface area contributed by atoms with Crippen LogP contribution in [0, 0.1) is 0 Å². The van der Waals surface area contributed by atoms with Gasteiger partial charge in [0.1, 0.15) is 0 Å². The van der Waals surface area contributed by atoms with Gasteiger partial charge in [0.15, 0.2) is 5.12 Å². The molecule has 2 fully saturated rings. The Balaban J connectivity index is 2.15. The van der Waals surface area contributed by atoms with E-state index in [1.807, 2.05) is 11.8 Å². The summed E-state index contributed by atoms with van der Waals surface area (Å²) in [5.74, 6) is 0.226. The van der Waals surface area contributed by atoms with Gasteiger partial charge in [-0.05, 0) is 27.2 Å². The van der Waals surface area contributed by atoms with E-state index >= 15 is 0 Å². The van der Waals surface area contributed by atoms with Crippen LogP contribution in [0.25, 0.3) is 0 Å². The number of thioether (sulfide) groups is 1. The van der Waals surface area contributed by atoms with E-state index in [4.69, 9.17) is 0 Å². The molecule has 0 saturated carbocycles. The summed E-state index contributed by atoms with van der Waals surface area (Å²) in [7, 11) is 0. The van der Waals surface area contributed by atoms with Gasteiger partial charge in [-0.1, -0.05) is 11.8 Å². The summed E-state index contributed by atoms with van der Waals surface area (Å²) in [6.45, 7) is 9.39. The number of rotatable bonds is 2. The predicted molar refractivity (Wildman–Crippen MR) is 68.6 cm³/mol. The average molecular weight is 256 g/mol. The van der Waals surface area contributed by atoms with Crippen molar-refractivity contribution in [2.75, 3.05) is 13.1 Å². The fraction of sp³-hybridized carbons (Fsp3) is 0.833. The van der Waals surface area contributed by atoms with Gasteiger partial charge in [0.2, 0.25) is 5.91 Å². The van der Waals surface area contributed by atoms with E-state index in [0.717, 1.165) is 19.5 Å². The highest BCUT2D eigenvalue weighted by Gasteiger charge is 2.54. The van der Waals surface area contributed by atoms with Crippen molar-refractivity contribution in [1.82, 2.24) is 9.80 Å². The Morgan fingerprint density at radius 1 is 1.53 bits per heavy atom. The number of nitrogens with zero attached hydrogens (tertiary/aromatic N) is 2. The molecule has 17 heavy (non-hydrogen) atoms. The second-order valence-electron chi connectivity index (χ2n) is 5.21. The third-order valence-corrected chi connectivity index (χ3v) is 4.83. The van der Waals surface area contributed by atoms with E-state index in [2.05, 4.69) is 18.7 Å². The standard InChI is InChI=1S/C12H20N2O2S/c1-5-13-11(16)10-6-9(17-8(2)15)7-14(10)12(13,3)4/h9-10H,5-7H2,1-4H3/t9-,10+/m1/s1. The van der Waals surface area contributed by atoms with Gasteiger partial charge >= 0.3 is 0 Å². The maximum atomic E-state index is 12.3. The van der Waals surface area contributed by atoms with Crippen LogP contribution in [0.1, 0.15) is 34.1 Å². The molecule has 2 atom stereocenters. The van der Waals surface area contributed by atoms with Crippen LogP contribution in [0.5, 0.6) is 0 Å². The minimum Gasteiger partial charge on any atom is -0.324 e. The maximum absolute atomic E-state index is 12.3. The molecule has 0 aromatic rings. The highest BCUT2D eigenvalue weighted by Crippen LogP contribution is 2.40. The van der Waals surface area contributed by atoms with Gasteiger partial charge in [0.25, 0.3) is 0 Å². The maximum Gasteiger partial charge on any atom is 0.241 e. The molecule has 0 aromatic heterocycles. The number of fused-ring (bicyclic) bond motifs is 1. The van der Waals surface area contributed by atoms with Crippen LogP contribution < -0.4 is 0 Å². The molecular formula is C12H20N2O2S. The van der Waals surface area contributed by atoms with Crippen molar-refractivity contribution in [2.24, 2.45) is 0 Å². The van der Waals surface area contributed by atoms with Crippen LogP contribution in [0.15, 0.2) is 0 Å². The lowest BCUT2D eigenvalue weighted by molar-refractivity contribution is -0.131. The molecule has 0 bridgehead atoms. The molecule has 0 unspecified atom stereocenters. The van der Waals surface area contributed by atoms with Crippen molar-refractivity contribution in [3.05, 3.63) is 0 Å². The van der Waals surface area contributed by atoms with E-state index in [1.54, 1.807) is 6.92 Å². The van der Waals surface area contributed by atoms with Crippen molar-refractivity contribution in [3.8, 4) is 0 Å². The molecule has 96 valence electrons. The molecule has 2 aliphatic rings. The molecule has 2 saturated heterocycles. The second kappa shape index (κ2) is 4.28. The summed E-state index contributed by atoms with van der Waals surface area (Å²) < 4.78 is 0. The van der Waals surface area contributed by atoms with Crippen LogP contribution in [0.4, 0.5) is 0 Å². The van der Waals surface area contributed by atoms with Gasteiger partial charge in [-0.3, -0.25) is 14.5 Å². The monoisotopic (exact) mass is 256 g/mol. The molecule has 0 N–H and O–H groups in total. The molecule has 2 heterocycles. The van der Waals surface area contributed by atoms with Crippen LogP contribution in [0.2, 0.25) is 0 Å². The van der Waals surface area contributed by atoms with Gasteiger partial charge in [0, 0.05) is 25.3 Å². The first kappa shape index (κ1) is 12.9. The van der Waals surface area contributed by atoms with E-state index < -0.39 is 0 Å². The topological polar surface area (TPSA) is 40.6 Å². The minimum atomic E-state index is -0.206. The summed E-state index contributed by atoms with van der Waals surface area (Å²) in [4.78, 5) is 27.6. The number of hydrogen-bond acceptors (Lipinski definition) is 4. The summed E-state index contributed by atoms with van der Waals surface area (Å²) in [6.07, 6.45) is 0.809. The lowest BCUT2D eigenvalue weighted by atomic mass is 10.2. The van der Waals surface area contributed by atoms with Crippen molar-refractivity contribution < 1.29 is 9.59 Å². The predicted octanol–water partition coefficient (Wildman–Crippen LogP) is 1.31. The van der Waals surface area contributed by atoms with Gasteiger partial charge in [-0.15, -0.1) is 0 Å². The van der Waals surface area contributed by atoms with Gasteiger partial charge in [-0.25, -0.2) is 0 Å². The third-order valence-electron chi connectivity index (χ3n) is 3.83. The normalized spacial score (nSPS) is 32.0. The summed E-state index contributed by atoms with van der Waals surface area (Å²) >= 11 is 1.38. The molecule has 1 amide bonds. The number of amides is 1. The van der Waals surface area contributed by atoms with Crippen molar-refractivity contribution in [2.45, 2.75) is 51.1 Å². The zero-order valence-electron chi connectivity index (χ0n) is 10.9. The smallest absolute Gasteiger partial charge is 0.241 e. The molecule has 2 aliphatic heterocycles. The van der Waals surface area contributed by atoms with E-state index in [0.29, 0.717) is 0 Å². The Morgan fingerprint density at radius 3 is 2.65 bits per heavy atom. The number of carbonyl (C=O) groups is 2. The fourth-order valence-electron chi connectivity index (χ4n) is 3.10. The zero-order chi connectivity index (χ0) is 12.8. The quantitative estimate of drug-likeness (QED) is 0.747. The molecular weight excluding hydrogens is 236 g/mol. The Bertz CT molecular complexity index is 356. The molecule has 4 nitrogen and oxygen atoms in total. The van der Waals surface area contributed by atoms with Crippen molar-refractivity contribution in [3.63, 3.8) is 0 Å². The first-order chi connectivity index (χ1) is 7.87. The van der Waals surface area contributed by atoms with Gasteiger partial charge in [-0.2, -0.15) is 0 Å². The van der Waals surface area contributed by atoms with E-state index in [-0.39, 0.29) is 28.0 Å². The van der Waals surface area contributed by atoms with Crippen LogP contribution >= 0.6 is 11.8 Å². The number of hydrogen-bond donors (Lipinski definition) is 0. The molecule has 0 radical (unpaired) electrons. The van der Waals surface area contributed by atoms with Gasteiger partial charge in [0.05, 0.1) is 11.7 Å². The second-order valence-corrected chi connectivity index (χ2v) is 6.69. The lowest BCUT2D eigenvalue weighted by Gasteiger charge is -2.37. The fourth-order valence-corrected chi connectivity index (χ4v) is 4.09. The molecule has 5 heteroatoms. The first-order valence-corrected chi connectivity index (χ1v) is 7.01. The van der Waals surface area contributed by atoms with Gasteiger partial charge < -0.3 is 4.90 Å². The largest absolute Gasteiger partial charge is 0.324 e. The summed E-state index contributed by atoms with van der Waals surface area (Å²) in [5, 5.41) is 0.425. The Hall–Kier alpha value is -0.550. The van der Waals surface area contributed by atoms with Crippen LogP contribution in [0.3, 0.4) is 0 Å². The lowest BCUT2D eigenvalue weighted by Crippen LogP contribution is -2.49. The highest BCUT2D eigenvalue weighted by molar-refractivity contribution is 8.14. The Morgan fingerprint density at radius 2 is 2.18 bits per heavy atom. The number of likely N-dealkylation sites (N-methyl/N-ethyl adjacent to an activating group) is 1. The number of carbonyl (C=O) groups excluding carboxylic acids is 2. The minimum absolute atomic E-state index is 0.0122. The van der Waals surface area contributed by atoms with Crippen LogP contribution in [-0.2, 0) is 9.59 Å². The zero-order valence-corrected chi connectivity index (χ0v) is 11.7. The van der Waals surface area contributed by atoms with Crippen molar-refractivity contribution in [1.29, 1.82) is 0 Å². The Kier molecular flexibility index (Phi) is 3.25.